The standard InChI is InChI=1S/C10H17ClO2/c1-7(2)4-9(5-10(12)13)8(3)6-11/h4,8-9H,5-6H2,1-3H3,(H,12,13). The first-order chi connectivity index (χ1) is 5.97. The van der Waals surface area contributed by atoms with E-state index in [9.17, 15) is 4.79 Å². The second-order valence-electron chi connectivity index (χ2n) is 3.64. The highest BCUT2D eigenvalue weighted by molar-refractivity contribution is 6.18. The molecule has 13 heavy (non-hydrogen) atoms. The van der Waals surface area contributed by atoms with Crippen molar-refractivity contribution < 1.29 is 9.90 Å². The summed E-state index contributed by atoms with van der Waals surface area (Å²) in [5.74, 6) is 0.00832. The average molecular weight is 205 g/mol. The number of halogens is 1. The number of carbonyl (C=O) groups is 1. The van der Waals surface area contributed by atoms with Crippen LogP contribution in [-0.4, -0.2) is 17.0 Å². The summed E-state index contributed by atoms with van der Waals surface area (Å²) in [5, 5.41) is 8.67. The second kappa shape index (κ2) is 6.03. The van der Waals surface area contributed by atoms with Crippen LogP contribution in [0.5, 0.6) is 0 Å². The fraction of sp³-hybridized carbons (Fsp3) is 0.700. The maximum Gasteiger partial charge on any atom is 0.303 e. The van der Waals surface area contributed by atoms with Crippen LogP contribution in [0.25, 0.3) is 0 Å². The lowest BCUT2D eigenvalue weighted by Gasteiger charge is -2.17. The van der Waals surface area contributed by atoms with Crippen LogP contribution in [-0.2, 0) is 4.79 Å². The first-order valence-corrected chi connectivity index (χ1v) is 4.93. The summed E-state index contributed by atoms with van der Waals surface area (Å²) in [7, 11) is 0. The van der Waals surface area contributed by atoms with Gasteiger partial charge in [-0.2, -0.15) is 0 Å². The van der Waals surface area contributed by atoms with E-state index in [1.54, 1.807) is 0 Å². The van der Waals surface area contributed by atoms with Crippen LogP contribution in [0, 0.1) is 11.8 Å². The molecule has 0 saturated carbocycles. The van der Waals surface area contributed by atoms with Gasteiger partial charge in [0.05, 0.1) is 6.42 Å². The van der Waals surface area contributed by atoms with E-state index in [4.69, 9.17) is 16.7 Å². The fourth-order valence-corrected chi connectivity index (χ4v) is 1.40. The highest BCUT2D eigenvalue weighted by Gasteiger charge is 2.17. The van der Waals surface area contributed by atoms with E-state index in [-0.39, 0.29) is 18.3 Å². The lowest BCUT2D eigenvalue weighted by molar-refractivity contribution is -0.138. The van der Waals surface area contributed by atoms with Gasteiger partial charge in [0.15, 0.2) is 0 Å². The molecule has 0 heterocycles. The average Bonchev–Trinajstić information content (AvgIpc) is 2.00. The number of carboxylic acid groups (broad SMARTS) is 1. The molecule has 3 heteroatoms. The lowest BCUT2D eigenvalue weighted by atomic mass is 9.91. The van der Waals surface area contributed by atoms with Gasteiger partial charge in [-0.3, -0.25) is 4.79 Å². The molecule has 0 amide bonds. The third-order valence-corrected chi connectivity index (χ3v) is 2.42. The SMILES string of the molecule is CC(C)=CC(CC(=O)O)C(C)CCl. The molecular formula is C10H17ClO2. The van der Waals surface area contributed by atoms with Gasteiger partial charge >= 0.3 is 5.97 Å². The van der Waals surface area contributed by atoms with E-state index in [2.05, 4.69) is 0 Å². The van der Waals surface area contributed by atoms with E-state index in [1.165, 1.54) is 0 Å². The molecule has 2 unspecified atom stereocenters. The molecule has 76 valence electrons. The van der Waals surface area contributed by atoms with Crippen LogP contribution in [0.4, 0.5) is 0 Å². The van der Waals surface area contributed by atoms with Gasteiger partial charge < -0.3 is 5.11 Å². The minimum atomic E-state index is -0.764. The first kappa shape index (κ1) is 12.5. The molecule has 0 saturated heterocycles. The minimum absolute atomic E-state index is 0.0556. The van der Waals surface area contributed by atoms with Gasteiger partial charge in [0.2, 0.25) is 0 Å². The predicted octanol–water partition coefficient (Wildman–Crippen LogP) is 2.92. The van der Waals surface area contributed by atoms with Gasteiger partial charge in [-0.05, 0) is 25.7 Å². The topological polar surface area (TPSA) is 37.3 Å². The van der Waals surface area contributed by atoms with Gasteiger partial charge in [-0.25, -0.2) is 0 Å². The van der Waals surface area contributed by atoms with Crippen molar-refractivity contribution >= 4 is 17.6 Å². The van der Waals surface area contributed by atoms with Crippen LogP contribution in [0.1, 0.15) is 27.2 Å². The van der Waals surface area contributed by atoms with Crippen molar-refractivity contribution in [2.75, 3.05) is 5.88 Å². The van der Waals surface area contributed by atoms with Gasteiger partial charge in [0, 0.05) is 5.88 Å². The van der Waals surface area contributed by atoms with Crippen molar-refractivity contribution in [1.82, 2.24) is 0 Å². The largest absolute Gasteiger partial charge is 0.481 e. The van der Waals surface area contributed by atoms with Crippen molar-refractivity contribution in [3.8, 4) is 0 Å². The Kier molecular flexibility index (Phi) is 5.80. The fourth-order valence-electron chi connectivity index (χ4n) is 1.17. The van der Waals surface area contributed by atoms with E-state index >= 15 is 0 Å². The zero-order valence-electron chi connectivity index (χ0n) is 8.38. The quantitative estimate of drug-likeness (QED) is 0.552. The Morgan fingerprint density at radius 3 is 2.38 bits per heavy atom. The zero-order valence-corrected chi connectivity index (χ0v) is 9.14. The molecule has 0 radical (unpaired) electrons. The molecule has 0 aromatic rings. The van der Waals surface area contributed by atoms with E-state index in [0.717, 1.165) is 5.57 Å². The second-order valence-corrected chi connectivity index (χ2v) is 3.95. The molecule has 0 aromatic carbocycles. The van der Waals surface area contributed by atoms with Crippen molar-refractivity contribution in [3.05, 3.63) is 11.6 Å². The van der Waals surface area contributed by atoms with Crippen LogP contribution < -0.4 is 0 Å². The molecule has 1 N–H and O–H groups in total. The number of hydrogen-bond donors (Lipinski definition) is 1. The Balaban J connectivity index is 4.36. The zero-order chi connectivity index (χ0) is 10.4. The Hall–Kier alpha value is -0.500. The summed E-state index contributed by atoms with van der Waals surface area (Å²) in [6.07, 6.45) is 2.15. The maximum atomic E-state index is 10.5. The van der Waals surface area contributed by atoms with Gasteiger partial charge in [0.1, 0.15) is 0 Å². The number of rotatable bonds is 5. The van der Waals surface area contributed by atoms with Crippen LogP contribution in [0.3, 0.4) is 0 Å². The highest BCUT2D eigenvalue weighted by Crippen LogP contribution is 2.20. The molecule has 0 spiro atoms. The van der Waals surface area contributed by atoms with E-state index in [1.807, 2.05) is 26.8 Å². The smallest absolute Gasteiger partial charge is 0.303 e. The van der Waals surface area contributed by atoms with Gasteiger partial charge in [-0.1, -0.05) is 18.6 Å². The lowest BCUT2D eigenvalue weighted by Crippen LogP contribution is -2.15. The summed E-state index contributed by atoms with van der Waals surface area (Å²) in [4.78, 5) is 10.5. The van der Waals surface area contributed by atoms with E-state index < -0.39 is 5.97 Å². The Labute approximate surface area is 84.6 Å². The van der Waals surface area contributed by atoms with Crippen LogP contribution in [0.2, 0.25) is 0 Å². The van der Waals surface area contributed by atoms with Crippen LogP contribution >= 0.6 is 11.6 Å². The molecule has 2 atom stereocenters. The van der Waals surface area contributed by atoms with Crippen molar-refractivity contribution in [2.45, 2.75) is 27.2 Å². The molecule has 0 bridgehead atoms. The van der Waals surface area contributed by atoms with Crippen molar-refractivity contribution in [2.24, 2.45) is 11.8 Å². The summed E-state index contributed by atoms with van der Waals surface area (Å²) < 4.78 is 0. The number of allylic oxidation sites excluding steroid dienone is 2. The van der Waals surface area contributed by atoms with E-state index in [0.29, 0.717) is 5.88 Å². The third-order valence-electron chi connectivity index (χ3n) is 1.93. The summed E-state index contributed by atoms with van der Waals surface area (Å²) in [6, 6.07) is 0. The first-order valence-electron chi connectivity index (χ1n) is 4.40. The van der Waals surface area contributed by atoms with Crippen molar-refractivity contribution in [3.63, 3.8) is 0 Å². The summed E-state index contributed by atoms with van der Waals surface area (Å²) in [5.41, 5.74) is 1.14. The molecule has 0 fully saturated rings. The molecule has 0 aromatic heterocycles. The molecule has 0 aliphatic carbocycles. The van der Waals surface area contributed by atoms with Crippen LogP contribution in [0.15, 0.2) is 11.6 Å². The number of aliphatic carboxylic acids is 1. The highest BCUT2D eigenvalue weighted by atomic mass is 35.5. The Bertz CT molecular complexity index is 195. The molecular weight excluding hydrogens is 188 g/mol. The molecule has 0 rings (SSSR count). The molecule has 2 nitrogen and oxygen atoms in total. The number of hydrogen-bond acceptors (Lipinski definition) is 1. The Morgan fingerprint density at radius 1 is 1.54 bits per heavy atom. The molecule has 0 aliphatic heterocycles. The number of alkyl halides is 1. The predicted molar refractivity (Wildman–Crippen MR) is 55.1 cm³/mol. The normalized spacial score (nSPS) is 14.8. The Morgan fingerprint density at radius 2 is 2.08 bits per heavy atom. The minimum Gasteiger partial charge on any atom is -0.481 e. The van der Waals surface area contributed by atoms with Gasteiger partial charge in [0.25, 0.3) is 0 Å². The monoisotopic (exact) mass is 204 g/mol. The van der Waals surface area contributed by atoms with Crippen molar-refractivity contribution in [1.29, 1.82) is 0 Å². The number of carboxylic acids is 1. The third kappa shape index (κ3) is 5.69. The summed E-state index contributed by atoms with van der Waals surface area (Å²) in [6.45, 7) is 5.91. The van der Waals surface area contributed by atoms with Gasteiger partial charge in [-0.15, -0.1) is 11.6 Å². The molecule has 0 aliphatic rings. The summed E-state index contributed by atoms with van der Waals surface area (Å²) >= 11 is 5.69. The maximum absolute atomic E-state index is 10.5.